The molecule has 0 radical (unpaired) electrons. The quantitative estimate of drug-likeness (QED) is 0.719. The highest BCUT2D eigenvalue weighted by molar-refractivity contribution is 5.26. The van der Waals surface area contributed by atoms with Crippen LogP contribution in [0.4, 0.5) is 0 Å². The molecule has 1 aromatic rings. The van der Waals surface area contributed by atoms with Crippen LogP contribution in [0.25, 0.3) is 0 Å². The number of phenols is 1. The van der Waals surface area contributed by atoms with Crippen LogP contribution < -0.4 is 0 Å². The van der Waals surface area contributed by atoms with Crippen molar-refractivity contribution in [3.63, 3.8) is 0 Å². The van der Waals surface area contributed by atoms with Crippen LogP contribution in [0.2, 0.25) is 0 Å². The van der Waals surface area contributed by atoms with Gasteiger partial charge in [0.2, 0.25) is 0 Å². The number of aryl methyl sites for hydroxylation is 1. The van der Waals surface area contributed by atoms with E-state index in [4.69, 9.17) is 9.84 Å². The third-order valence-electron chi connectivity index (χ3n) is 2.49. The second-order valence-electron chi connectivity index (χ2n) is 3.58. The van der Waals surface area contributed by atoms with E-state index in [0.29, 0.717) is 18.0 Å². The van der Waals surface area contributed by atoms with Crippen LogP contribution in [-0.2, 0) is 11.2 Å². The van der Waals surface area contributed by atoms with Crippen molar-refractivity contribution in [1.82, 2.24) is 0 Å². The van der Waals surface area contributed by atoms with Gasteiger partial charge in [-0.3, -0.25) is 0 Å². The standard InChI is InChI=1S/C11H14O2/c1-8-11(13-8)7-4-9-2-5-10(12)6-3-9/h2-3,5-6,8,11-12H,4,7H2,1H3. The van der Waals surface area contributed by atoms with E-state index < -0.39 is 0 Å². The van der Waals surface area contributed by atoms with Gasteiger partial charge in [0.25, 0.3) is 0 Å². The number of rotatable bonds is 3. The zero-order valence-corrected chi connectivity index (χ0v) is 7.73. The lowest BCUT2D eigenvalue weighted by atomic mass is 10.1. The predicted octanol–water partition coefficient (Wildman–Crippen LogP) is 2.11. The maximum absolute atomic E-state index is 9.06. The zero-order valence-electron chi connectivity index (χ0n) is 7.73. The van der Waals surface area contributed by atoms with Gasteiger partial charge in [0, 0.05) is 0 Å². The van der Waals surface area contributed by atoms with Gasteiger partial charge in [0.1, 0.15) is 5.75 Å². The lowest BCUT2D eigenvalue weighted by Crippen LogP contribution is -1.93. The molecule has 1 heterocycles. The maximum atomic E-state index is 9.06. The molecule has 2 atom stereocenters. The van der Waals surface area contributed by atoms with Crippen molar-refractivity contribution in [3.05, 3.63) is 29.8 Å². The molecule has 0 saturated carbocycles. The first kappa shape index (κ1) is 8.57. The average molecular weight is 178 g/mol. The number of aromatic hydroxyl groups is 1. The lowest BCUT2D eigenvalue weighted by molar-refractivity contribution is 0.370. The van der Waals surface area contributed by atoms with Crippen LogP contribution in [0.15, 0.2) is 24.3 Å². The largest absolute Gasteiger partial charge is 0.508 e. The van der Waals surface area contributed by atoms with E-state index >= 15 is 0 Å². The monoisotopic (exact) mass is 178 g/mol. The predicted molar refractivity (Wildman–Crippen MR) is 50.8 cm³/mol. The fraction of sp³-hybridized carbons (Fsp3) is 0.455. The Labute approximate surface area is 78.2 Å². The number of benzene rings is 1. The Morgan fingerprint density at radius 1 is 1.31 bits per heavy atom. The third kappa shape index (κ3) is 2.22. The van der Waals surface area contributed by atoms with Crippen LogP contribution in [0, 0.1) is 0 Å². The van der Waals surface area contributed by atoms with E-state index in [1.54, 1.807) is 12.1 Å². The molecule has 70 valence electrons. The van der Waals surface area contributed by atoms with Crippen molar-refractivity contribution in [2.45, 2.75) is 32.0 Å². The van der Waals surface area contributed by atoms with Crippen molar-refractivity contribution in [2.24, 2.45) is 0 Å². The smallest absolute Gasteiger partial charge is 0.115 e. The van der Waals surface area contributed by atoms with Gasteiger partial charge in [-0.15, -0.1) is 0 Å². The highest BCUT2D eigenvalue weighted by atomic mass is 16.6. The van der Waals surface area contributed by atoms with Crippen LogP contribution in [0.5, 0.6) is 5.75 Å². The number of phenolic OH excluding ortho intramolecular Hbond substituents is 1. The first-order valence-electron chi connectivity index (χ1n) is 4.69. The minimum Gasteiger partial charge on any atom is -0.508 e. The van der Waals surface area contributed by atoms with Gasteiger partial charge in [-0.25, -0.2) is 0 Å². The molecule has 1 aliphatic heterocycles. The van der Waals surface area contributed by atoms with Crippen LogP contribution >= 0.6 is 0 Å². The van der Waals surface area contributed by atoms with E-state index in [1.165, 1.54) is 5.56 Å². The van der Waals surface area contributed by atoms with Crippen molar-refractivity contribution in [1.29, 1.82) is 0 Å². The summed E-state index contributed by atoms with van der Waals surface area (Å²) in [7, 11) is 0. The Kier molecular flexibility index (Phi) is 2.23. The molecule has 2 nitrogen and oxygen atoms in total. The van der Waals surface area contributed by atoms with E-state index in [0.717, 1.165) is 12.8 Å². The van der Waals surface area contributed by atoms with Gasteiger partial charge in [-0.2, -0.15) is 0 Å². The molecule has 1 N–H and O–H groups in total. The molecule has 1 aliphatic rings. The molecule has 1 saturated heterocycles. The summed E-state index contributed by atoms with van der Waals surface area (Å²) in [6.07, 6.45) is 3.05. The first-order valence-corrected chi connectivity index (χ1v) is 4.69. The van der Waals surface area contributed by atoms with Crippen LogP contribution in [-0.4, -0.2) is 17.3 Å². The van der Waals surface area contributed by atoms with Gasteiger partial charge in [0.05, 0.1) is 12.2 Å². The number of hydrogen-bond donors (Lipinski definition) is 1. The van der Waals surface area contributed by atoms with Gasteiger partial charge in [-0.05, 0) is 37.5 Å². The molecule has 2 rings (SSSR count). The molecule has 0 aliphatic carbocycles. The lowest BCUT2D eigenvalue weighted by Gasteiger charge is -1.98. The Morgan fingerprint density at radius 2 is 1.92 bits per heavy atom. The summed E-state index contributed by atoms with van der Waals surface area (Å²) in [5.41, 5.74) is 1.26. The summed E-state index contributed by atoms with van der Waals surface area (Å²) >= 11 is 0. The SMILES string of the molecule is CC1OC1CCc1ccc(O)cc1. The molecule has 0 aromatic heterocycles. The summed E-state index contributed by atoms with van der Waals surface area (Å²) in [5.74, 6) is 0.333. The number of hydrogen-bond acceptors (Lipinski definition) is 2. The second kappa shape index (κ2) is 3.38. The van der Waals surface area contributed by atoms with E-state index in [2.05, 4.69) is 6.92 Å². The molecule has 0 bridgehead atoms. The fourth-order valence-electron chi connectivity index (χ4n) is 1.50. The first-order chi connectivity index (χ1) is 6.25. The van der Waals surface area contributed by atoms with E-state index in [1.807, 2.05) is 12.1 Å². The van der Waals surface area contributed by atoms with Gasteiger partial charge in [0.15, 0.2) is 0 Å². The molecular weight excluding hydrogens is 164 g/mol. The highest BCUT2D eigenvalue weighted by Crippen LogP contribution is 2.26. The molecule has 2 unspecified atom stereocenters. The zero-order chi connectivity index (χ0) is 9.26. The van der Waals surface area contributed by atoms with Gasteiger partial charge < -0.3 is 9.84 Å². The van der Waals surface area contributed by atoms with Gasteiger partial charge >= 0.3 is 0 Å². The number of epoxide rings is 1. The van der Waals surface area contributed by atoms with Crippen molar-refractivity contribution >= 4 is 0 Å². The van der Waals surface area contributed by atoms with E-state index in [9.17, 15) is 0 Å². The Bertz CT molecular complexity index is 279. The van der Waals surface area contributed by atoms with E-state index in [-0.39, 0.29) is 0 Å². The normalized spacial score (nSPS) is 25.9. The summed E-state index contributed by atoms with van der Waals surface area (Å²) < 4.78 is 5.31. The fourth-order valence-corrected chi connectivity index (χ4v) is 1.50. The minimum absolute atomic E-state index is 0.333. The Balaban J connectivity index is 1.84. The molecule has 2 heteroatoms. The summed E-state index contributed by atoms with van der Waals surface area (Å²) in [5, 5.41) is 9.06. The molecule has 1 fully saturated rings. The summed E-state index contributed by atoms with van der Waals surface area (Å²) in [6, 6.07) is 7.38. The maximum Gasteiger partial charge on any atom is 0.115 e. The van der Waals surface area contributed by atoms with Crippen molar-refractivity contribution in [3.8, 4) is 5.75 Å². The third-order valence-corrected chi connectivity index (χ3v) is 2.49. The molecular formula is C11H14O2. The molecule has 0 amide bonds. The van der Waals surface area contributed by atoms with Crippen molar-refractivity contribution in [2.75, 3.05) is 0 Å². The molecule has 1 aromatic carbocycles. The van der Waals surface area contributed by atoms with Crippen LogP contribution in [0.3, 0.4) is 0 Å². The highest BCUT2D eigenvalue weighted by Gasteiger charge is 2.32. The minimum atomic E-state index is 0.333. The second-order valence-corrected chi connectivity index (χ2v) is 3.58. The number of ether oxygens (including phenoxy) is 1. The Morgan fingerprint density at radius 3 is 2.46 bits per heavy atom. The Hall–Kier alpha value is -1.02. The van der Waals surface area contributed by atoms with Crippen molar-refractivity contribution < 1.29 is 9.84 Å². The van der Waals surface area contributed by atoms with Crippen LogP contribution in [0.1, 0.15) is 18.9 Å². The average Bonchev–Trinajstić information content (AvgIpc) is 2.81. The van der Waals surface area contributed by atoms with Gasteiger partial charge in [-0.1, -0.05) is 12.1 Å². The summed E-state index contributed by atoms with van der Waals surface area (Å²) in [4.78, 5) is 0. The topological polar surface area (TPSA) is 32.8 Å². The molecule has 0 spiro atoms. The summed E-state index contributed by atoms with van der Waals surface area (Å²) in [6.45, 7) is 2.10. The molecule has 13 heavy (non-hydrogen) atoms.